The SMILES string of the molecule is CC(C)(C)OC(=O)N1CCC(NC(=O)C2CCN(S(=O)(=O)c3ccccc3C#N)CC2)CC1. The van der Waals surface area contributed by atoms with Gasteiger partial charge in [-0.25, -0.2) is 13.2 Å². The zero-order valence-electron chi connectivity index (χ0n) is 19.4. The van der Waals surface area contributed by atoms with E-state index in [1.165, 1.54) is 16.4 Å². The fourth-order valence-corrected chi connectivity index (χ4v) is 5.75. The van der Waals surface area contributed by atoms with Gasteiger partial charge in [0.15, 0.2) is 0 Å². The molecule has 2 fully saturated rings. The van der Waals surface area contributed by atoms with Gasteiger partial charge in [0.2, 0.25) is 15.9 Å². The second-order valence-electron chi connectivity index (χ2n) is 9.54. The maximum absolute atomic E-state index is 13.0. The molecule has 0 aliphatic carbocycles. The largest absolute Gasteiger partial charge is 0.444 e. The average Bonchev–Trinajstić information content (AvgIpc) is 2.78. The molecule has 0 unspecified atom stereocenters. The molecule has 2 heterocycles. The molecule has 0 radical (unpaired) electrons. The summed E-state index contributed by atoms with van der Waals surface area (Å²) in [5, 5.41) is 12.3. The van der Waals surface area contributed by atoms with E-state index in [1.807, 2.05) is 26.8 Å². The highest BCUT2D eigenvalue weighted by Gasteiger charge is 2.34. The number of carbonyl (C=O) groups excluding carboxylic acids is 2. The molecule has 180 valence electrons. The summed E-state index contributed by atoms with van der Waals surface area (Å²) < 4.78 is 32.7. The number of nitriles is 1. The van der Waals surface area contributed by atoms with Crippen molar-refractivity contribution in [1.82, 2.24) is 14.5 Å². The Labute approximate surface area is 195 Å². The Kier molecular flexibility index (Phi) is 7.65. The van der Waals surface area contributed by atoms with Crippen LogP contribution in [0.1, 0.15) is 52.0 Å². The lowest BCUT2D eigenvalue weighted by atomic mass is 9.96. The van der Waals surface area contributed by atoms with Crippen LogP contribution in [0.4, 0.5) is 4.79 Å². The van der Waals surface area contributed by atoms with Gasteiger partial charge >= 0.3 is 6.09 Å². The summed E-state index contributed by atoms with van der Waals surface area (Å²) in [6, 6.07) is 8.08. The van der Waals surface area contributed by atoms with Crippen LogP contribution in [-0.2, 0) is 19.6 Å². The molecule has 0 saturated carbocycles. The van der Waals surface area contributed by atoms with Crippen molar-refractivity contribution >= 4 is 22.0 Å². The van der Waals surface area contributed by atoms with E-state index in [4.69, 9.17) is 4.74 Å². The van der Waals surface area contributed by atoms with Crippen molar-refractivity contribution in [3.05, 3.63) is 29.8 Å². The number of nitrogens with one attached hydrogen (secondary N) is 1. The fourth-order valence-electron chi connectivity index (χ4n) is 4.13. The molecule has 3 rings (SSSR count). The van der Waals surface area contributed by atoms with Crippen LogP contribution in [0.15, 0.2) is 29.2 Å². The molecule has 0 spiro atoms. The number of hydrogen-bond acceptors (Lipinski definition) is 6. The first-order chi connectivity index (χ1) is 15.5. The number of benzene rings is 1. The van der Waals surface area contributed by atoms with Gasteiger partial charge in [-0.05, 0) is 58.6 Å². The number of piperidine rings is 2. The Morgan fingerprint density at radius 3 is 2.24 bits per heavy atom. The molecule has 0 bridgehead atoms. The highest BCUT2D eigenvalue weighted by Crippen LogP contribution is 2.26. The van der Waals surface area contributed by atoms with Crippen LogP contribution in [0.5, 0.6) is 0 Å². The van der Waals surface area contributed by atoms with Gasteiger partial charge in [-0.15, -0.1) is 0 Å². The van der Waals surface area contributed by atoms with E-state index < -0.39 is 15.6 Å². The lowest BCUT2D eigenvalue weighted by Crippen LogP contribution is -2.50. The summed E-state index contributed by atoms with van der Waals surface area (Å²) in [4.78, 5) is 26.6. The standard InChI is InChI=1S/C23H32N4O5S/c1-23(2,3)32-22(29)26-12-10-19(11-13-26)25-21(28)17-8-14-27(15-9-17)33(30,31)20-7-5-4-6-18(20)16-24/h4-7,17,19H,8-15H2,1-3H3,(H,25,28). The van der Waals surface area contributed by atoms with Crippen molar-refractivity contribution in [1.29, 1.82) is 5.26 Å². The van der Waals surface area contributed by atoms with Crippen LogP contribution in [0.25, 0.3) is 0 Å². The normalized spacial score (nSPS) is 19.0. The van der Waals surface area contributed by atoms with Crippen molar-refractivity contribution in [2.24, 2.45) is 5.92 Å². The van der Waals surface area contributed by atoms with Crippen molar-refractivity contribution in [3.8, 4) is 6.07 Å². The summed E-state index contributed by atoms with van der Waals surface area (Å²) in [7, 11) is -3.78. The third kappa shape index (κ3) is 6.24. The molecule has 2 aliphatic heterocycles. The van der Waals surface area contributed by atoms with Crippen molar-refractivity contribution in [3.63, 3.8) is 0 Å². The minimum absolute atomic E-state index is 0.00662. The molecule has 2 aliphatic rings. The Balaban J connectivity index is 1.48. The van der Waals surface area contributed by atoms with Crippen LogP contribution in [0, 0.1) is 17.2 Å². The highest BCUT2D eigenvalue weighted by atomic mass is 32.2. The molecule has 0 atom stereocenters. The van der Waals surface area contributed by atoms with E-state index in [0.717, 1.165) is 0 Å². The van der Waals surface area contributed by atoms with E-state index in [0.29, 0.717) is 38.8 Å². The number of likely N-dealkylation sites (tertiary alicyclic amines) is 1. The smallest absolute Gasteiger partial charge is 0.410 e. The molecule has 2 saturated heterocycles. The predicted octanol–water partition coefficient (Wildman–Crippen LogP) is 2.47. The second-order valence-corrected chi connectivity index (χ2v) is 11.4. The number of ether oxygens (including phenoxy) is 1. The van der Waals surface area contributed by atoms with Crippen molar-refractivity contribution in [2.45, 2.75) is 63.0 Å². The fraction of sp³-hybridized carbons (Fsp3) is 0.609. The number of carbonyl (C=O) groups is 2. The predicted molar refractivity (Wildman–Crippen MR) is 122 cm³/mol. The van der Waals surface area contributed by atoms with Gasteiger partial charge in [-0.3, -0.25) is 4.79 Å². The minimum atomic E-state index is -3.78. The third-order valence-electron chi connectivity index (χ3n) is 5.94. The van der Waals surface area contributed by atoms with Gasteiger partial charge in [0.25, 0.3) is 0 Å². The van der Waals surface area contributed by atoms with Crippen LogP contribution >= 0.6 is 0 Å². The Hall–Kier alpha value is -2.64. The second kappa shape index (κ2) is 10.1. The maximum Gasteiger partial charge on any atom is 0.410 e. The van der Waals surface area contributed by atoms with Gasteiger partial charge in [0.1, 0.15) is 11.7 Å². The molecular formula is C23H32N4O5S. The summed E-state index contributed by atoms with van der Waals surface area (Å²) in [6.07, 6.45) is 1.83. The Bertz CT molecular complexity index is 1010. The Morgan fingerprint density at radius 1 is 1.06 bits per heavy atom. The van der Waals surface area contributed by atoms with Crippen LogP contribution in [-0.4, -0.2) is 67.4 Å². The van der Waals surface area contributed by atoms with E-state index >= 15 is 0 Å². The molecule has 0 aromatic heterocycles. The van der Waals surface area contributed by atoms with Gasteiger partial charge in [-0.2, -0.15) is 9.57 Å². The van der Waals surface area contributed by atoms with Crippen LogP contribution < -0.4 is 5.32 Å². The zero-order valence-corrected chi connectivity index (χ0v) is 20.2. The highest BCUT2D eigenvalue weighted by molar-refractivity contribution is 7.89. The van der Waals surface area contributed by atoms with E-state index in [2.05, 4.69) is 5.32 Å². The lowest BCUT2D eigenvalue weighted by molar-refractivity contribution is -0.127. The van der Waals surface area contributed by atoms with E-state index in [1.54, 1.807) is 17.0 Å². The molecule has 1 aromatic rings. The molecule has 10 heteroatoms. The molecule has 33 heavy (non-hydrogen) atoms. The minimum Gasteiger partial charge on any atom is -0.444 e. The van der Waals surface area contributed by atoms with Crippen molar-refractivity contribution < 1.29 is 22.7 Å². The van der Waals surface area contributed by atoms with Gasteiger partial charge < -0.3 is 15.0 Å². The third-order valence-corrected chi connectivity index (χ3v) is 7.90. The molecule has 1 N–H and O–H groups in total. The Morgan fingerprint density at radius 2 is 1.67 bits per heavy atom. The number of rotatable bonds is 4. The van der Waals surface area contributed by atoms with Crippen LogP contribution in [0.2, 0.25) is 0 Å². The number of sulfonamides is 1. The molecule has 9 nitrogen and oxygen atoms in total. The lowest BCUT2D eigenvalue weighted by Gasteiger charge is -2.35. The topological polar surface area (TPSA) is 120 Å². The zero-order chi connectivity index (χ0) is 24.2. The average molecular weight is 477 g/mol. The molecule has 1 aromatic carbocycles. The first-order valence-electron chi connectivity index (χ1n) is 11.3. The molecular weight excluding hydrogens is 444 g/mol. The quantitative estimate of drug-likeness (QED) is 0.713. The first kappa shape index (κ1) is 25.0. The van der Waals surface area contributed by atoms with Gasteiger partial charge in [0.05, 0.1) is 10.5 Å². The van der Waals surface area contributed by atoms with Gasteiger partial charge in [0, 0.05) is 38.1 Å². The summed E-state index contributed by atoms with van der Waals surface area (Å²) in [6.45, 7) is 7.00. The summed E-state index contributed by atoms with van der Waals surface area (Å²) in [5.74, 6) is -0.327. The van der Waals surface area contributed by atoms with E-state index in [9.17, 15) is 23.3 Å². The molecule has 2 amide bonds. The monoisotopic (exact) mass is 476 g/mol. The maximum atomic E-state index is 13.0. The first-order valence-corrected chi connectivity index (χ1v) is 12.7. The van der Waals surface area contributed by atoms with Crippen LogP contribution in [0.3, 0.4) is 0 Å². The summed E-state index contributed by atoms with van der Waals surface area (Å²) >= 11 is 0. The summed E-state index contributed by atoms with van der Waals surface area (Å²) in [5.41, 5.74) is -0.420. The van der Waals surface area contributed by atoms with Crippen molar-refractivity contribution in [2.75, 3.05) is 26.2 Å². The number of nitrogens with zero attached hydrogens (tertiary/aromatic N) is 3. The van der Waals surface area contributed by atoms with E-state index in [-0.39, 0.29) is 47.5 Å². The number of amides is 2. The van der Waals surface area contributed by atoms with Gasteiger partial charge in [-0.1, -0.05) is 12.1 Å². The number of hydrogen-bond donors (Lipinski definition) is 1.